The molecule has 0 unspecified atom stereocenters. The molecule has 0 amide bonds. The van der Waals surface area contributed by atoms with E-state index in [-0.39, 0.29) is 16.7 Å². The highest BCUT2D eigenvalue weighted by Gasteiger charge is 2.44. The number of aliphatic hydroxyl groups is 3. The Labute approximate surface area is 130 Å². The molecule has 23 heavy (non-hydrogen) atoms. The lowest BCUT2D eigenvalue weighted by Gasteiger charge is -2.20. The molecule has 2 aliphatic rings. The van der Waals surface area contributed by atoms with Crippen LogP contribution in [-0.4, -0.2) is 65.9 Å². The normalized spacial score (nSPS) is 30.4. The Morgan fingerprint density at radius 2 is 2.22 bits per heavy atom. The number of imidazole rings is 1. The highest BCUT2D eigenvalue weighted by molar-refractivity contribution is 5.71. The van der Waals surface area contributed by atoms with E-state index >= 15 is 0 Å². The Balaban J connectivity index is 1.83. The summed E-state index contributed by atoms with van der Waals surface area (Å²) in [7, 11) is 0. The van der Waals surface area contributed by atoms with E-state index in [0.29, 0.717) is 12.5 Å². The average Bonchev–Trinajstić information content (AvgIpc) is 3.10. The second kappa shape index (κ2) is 5.27. The van der Waals surface area contributed by atoms with Gasteiger partial charge >= 0.3 is 0 Å². The Morgan fingerprint density at radius 1 is 1.39 bits per heavy atom. The molecule has 2 aromatic heterocycles. The number of rotatable bonds is 2. The van der Waals surface area contributed by atoms with Gasteiger partial charge in [-0.05, 0) is 6.42 Å². The third-order valence-corrected chi connectivity index (χ3v) is 4.32. The predicted molar refractivity (Wildman–Crippen MR) is 77.9 cm³/mol. The summed E-state index contributed by atoms with van der Waals surface area (Å²) in [6.45, 7) is 0.874. The van der Waals surface area contributed by atoms with Gasteiger partial charge in [0.25, 0.3) is 5.56 Å². The van der Waals surface area contributed by atoms with E-state index < -0.39 is 31.1 Å². The zero-order chi connectivity index (χ0) is 16.1. The molecule has 0 saturated carbocycles. The molecule has 0 aromatic carbocycles. The highest BCUT2D eigenvalue weighted by atomic mass is 16.6. The summed E-state index contributed by atoms with van der Waals surface area (Å²) in [5, 5.41) is 32.3. The van der Waals surface area contributed by atoms with Gasteiger partial charge < -0.3 is 25.4 Å². The van der Waals surface area contributed by atoms with Crippen molar-refractivity contribution in [2.45, 2.75) is 37.5 Å². The van der Waals surface area contributed by atoms with Crippen molar-refractivity contribution in [3.05, 3.63) is 16.7 Å². The molecule has 2 aliphatic heterocycles. The fourth-order valence-electron chi connectivity index (χ4n) is 3.08. The van der Waals surface area contributed by atoms with Crippen LogP contribution in [0.3, 0.4) is 0 Å². The van der Waals surface area contributed by atoms with Crippen molar-refractivity contribution >= 4 is 17.1 Å². The largest absolute Gasteiger partial charge is 0.394 e. The second-order valence-electron chi connectivity index (χ2n) is 5.73. The number of hydrogen-bond acceptors (Lipinski definition) is 8. The number of aliphatic hydroxyl groups excluding tert-OH is 3. The monoisotopic (exact) mass is 323 g/mol. The van der Waals surface area contributed by atoms with Gasteiger partial charge in [-0.25, -0.2) is 4.98 Å². The van der Waals surface area contributed by atoms with Crippen LogP contribution in [0.5, 0.6) is 0 Å². The average molecular weight is 323 g/mol. The SMILES string of the molecule is O=c1c2ncn([C@@H]3O[C@H](CO)[C@@H](O)[C@H]3O)c2nc2n1CCCN2. The van der Waals surface area contributed by atoms with Gasteiger partial charge in [-0.15, -0.1) is 0 Å². The lowest BCUT2D eigenvalue weighted by molar-refractivity contribution is -0.0511. The van der Waals surface area contributed by atoms with Gasteiger partial charge in [-0.3, -0.25) is 13.9 Å². The van der Waals surface area contributed by atoms with Gasteiger partial charge in [0.1, 0.15) is 18.3 Å². The molecule has 2 aromatic rings. The van der Waals surface area contributed by atoms with Crippen LogP contribution in [0, 0.1) is 0 Å². The van der Waals surface area contributed by atoms with E-state index in [1.165, 1.54) is 15.5 Å². The summed E-state index contributed by atoms with van der Waals surface area (Å²) >= 11 is 0. The van der Waals surface area contributed by atoms with Gasteiger partial charge in [0.15, 0.2) is 17.4 Å². The molecule has 124 valence electrons. The Hall–Kier alpha value is -2.01. The van der Waals surface area contributed by atoms with Crippen molar-refractivity contribution in [3.63, 3.8) is 0 Å². The maximum Gasteiger partial charge on any atom is 0.283 e. The van der Waals surface area contributed by atoms with Gasteiger partial charge in [0, 0.05) is 13.1 Å². The van der Waals surface area contributed by atoms with Gasteiger partial charge in [-0.2, -0.15) is 4.98 Å². The minimum atomic E-state index is -1.25. The minimum Gasteiger partial charge on any atom is -0.394 e. The summed E-state index contributed by atoms with van der Waals surface area (Å²) < 4.78 is 8.42. The van der Waals surface area contributed by atoms with Gasteiger partial charge in [-0.1, -0.05) is 0 Å². The summed E-state index contributed by atoms with van der Waals surface area (Å²) in [5.74, 6) is 0.447. The second-order valence-corrected chi connectivity index (χ2v) is 5.73. The lowest BCUT2D eigenvalue weighted by Crippen LogP contribution is -2.33. The van der Waals surface area contributed by atoms with Crippen molar-refractivity contribution < 1.29 is 20.1 Å². The first-order valence-electron chi connectivity index (χ1n) is 7.45. The molecule has 4 rings (SSSR count). The quantitative estimate of drug-likeness (QED) is 0.499. The molecule has 10 heteroatoms. The van der Waals surface area contributed by atoms with Crippen LogP contribution in [0.2, 0.25) is 0 Å². The van der Waals surface area contributed by atoms with Crippen LogP contribution >= 0.6 is 0 Å². The molecule has 0 radical (unpaired) electrons. The number of ether oxygens (including phenoxy) is 1. The summed E-state index contributed by atoms with van der Waals surface area (Å²) in [4.78, 5) is 21.0. The molecule has 0 bridgehead atoms. The topological polar surface area (TPSA) is 135 Å². The van der Waals surface area contributed by atoms with E-state index in [1.54, 1.807) is 0 Å². The molecule has 10 nitrogen and oxygen atoms in total. The molecule has 4 heterocycles. The lowest BCUT2D eigenvalue weighted by atomic mass is 10.1. The van der Waals surface area contributed by atoms with Gasteiger partial charge in [0.2, 0.25) is 5.95 Å². The predicted octanol–water partition coefficient (Wildman–Crippen LogP) is -1.98. The highest BCUT2D eigenvalue weighted by Crippen LogP contribution is 2.31. The Morgan fingerprint density at radius 3 is 2.96 bits per heavy atom. The Kier molecular flexibility index (Phi) is 3.34. The van der Waals surface area contributed by atoms with Crippen molar-refractivity contribution in [2.75, 3.05) is 18.5 Å². The van der Waals surface area contributed by atoms with E-state index in [0.717, 1.165) is 13.0 Å². The van der Waals surface area contributed by atoms with E-state index in [1.807, 2.05) is 0 Å². The molecule has 4 N–H and O–H groups in total. The third-order valence-electron chi connectivity index (χ3n) is 4.32. The first-order chi connectivity index (χ1) is 11.1. The summed E-state index contributed by atoms with van der Waals surface area (Å²) in [6.07, 6.45) is -2.16. The number of aromatic nitrogens is 4. The fourth-order valence-corrected chi connectivity index (χ4v) is 3.08. The number of nitrogens with zero attached hydrogens (tertiary/aromatic N) is 4. The molecular formula is C13H17N5O5. The van der Waals surface area contributed by atoms with Crippen LogP contribution in [0.25, 0.3) is 11.2 Å². The molecule has 4 atom stereocenters. The van der Waals surface area contributed by atoms with E-state index in [4.69, 9.17) is 4.74 Å². The third kappa shape index (κ3) is 2.06. The number of anilines is 1. The minimum absolute atomic E-state index is 0.176. The summed E-state index contributed by atoms with van der Waals surface area (Å²) in [5.41, 5.74) is 0.184. The maximum atomic E-state index is 12.5. The van der Waals surface area contributed by atoms with Crippen molar-refractivity contribution in [3.8, 4) is 0 Å². The Bertz CT molecular complexity index is 802. The van der Waals surface area contributed by atoms with Gasteiger partial charge in [0.05, 0.1) is 12.9 Å². The number of fused-ring (bicyclic) bond motifs is 2. The zero-order valence-corrected chi connectivity index (χ0v) is 12.2. The first kappa shape index (κ1) is 14.6. The molecular weight excluding hydrogens is 306 g/mol. The molecule has 1 saturated heterocycles. The van der Waals surface area contributed by atoms with Crippen molar-refractivity contribution in [1.29, 1.82) is 0 Å². The smallest absolute Gasteiger partial charge is 0.283 e. The first-order valence-corrected chi connectivity index (χ1v) is 7.45. The van der Waals surface area contributed by atoms with Crippen LogP contribution in [0.15, 0.2) is 11.1 Å². The van der Waals surface area contributed by atoms with Crippen LogP contribution in [0.4, 0.5) is 5.95 Å². The standard InChI is InChI=1S/C13H17N5O5/c19-4-6-8(20)9(21)12(23-6)18-5-15-7-10(18)16-13-14-2-1-3-17(13)11(7)22/h5-6,8-9,12,19-21H,1-4H2,(H,14,16)/t6-,8-,9-,12-/m1/s1. The van der Waals surface area contributed by atoms with Crippen molar-refractivity contribution in [1.82, 2.24) is 19.1 Å². The fraction of sp³-hybridized carbons (Fsp3) is 0.615. The van der Waals surface area contributed by atoms with Crippen LogP contribution < -0.4 is 10.9 Å². The van der Waals surface area contributed by atoms with E-state index in [9.17, 15) is 20.1 Å². The number of hydrogen-bond donors (Lipinski definition) is 4. The van der Waals surface area contributed by atoms with Crippen LogP contribution in [0.1, 0.15) is 12.6 Å². The van der Waals surface area contributed by atoms with E-state index in [2.05, 4.69) is 15.3 Å². The number of nitrogens with one attached hydrogen (secondary N) is 1. The molecule has 0 spiro atoms. The van der Waals surface area contributed by atoms with Crippen LogP contribution in [-0.2, 0) is 11.3 Å². The summed E-state index contributed by atoms with van der Waals surface area (Å²) in [6, 6.07) is 0. The maximum absolute atomic E-state index is 12.5. The molecule has 0 aliphatic carbocycles. The van der Waals surface area contributed by atoms with Crippen molar-refractivity contribution in [2.24, 2.45) is 0 Å². The zero-order valence-electron chi connectivity index (χ0n) is 12.2. The molecule has 1 fully saturated rings.